The maximum absolute atomic E-state index is 3.21. The van der Waals surface area contributed by atoms with Crippen LogP contribution < -0.4 is 5.32 Å². The molecule has 1 aliphatic heterocycles. The summed E-state index contributed by atoms with van der Waals surface area (Å²) in [7, 11) is 0. The molecule has 1 N–H and O–H groups in total. The number of hydrogen-bond acceptors (Lipinski definition) is 2. The van der Waals surface area contributed by atoms with Gasteiger partial charge >= 0.3 is 0 Å². The van der Waals surface area contributed by atoms with Crippen molar-refractivity contribution in [2.24, 2.45) is 0 Å². The molecule has 0 atom stereocenters. The lowest BCUT2D eigenvalue weighted by Crippen LogP contribution is -2.51. The van der Waals surface area contributed by atoms with E-state index in [1.165, 1.54) is 5.56 Å². The summed E-state index contributed by atoms with van der Waals surface area (Å²) in [4.78, 5) is 2.36. The van der Waals surface area contributed by atoms with Gasteiger partial charge in [-0.3, -0.25) is 10.2 Å². The normalized spacial score (nSPS) is 17.8. The molecule has 0 radical (unpaired) electrons. The summed E-state index contributed by atoms with van der Waals surface area (Å²) >= 11 is 0. The molecule has 0 aliphatic carbocycles. The van der Waals surface area contributed by atoms with Gasteiger partial charge in [0.2, 0.25) is 0 Å². The van der Waals surface area contributed by atoms with Crippen LogP contribution in [0.5, 0.6) is 0 Å². The van der Waals surface area contributed by atoms with Crippen LogP contribution in [0, 0.1) is 0 Å². The molecule has 0 unspecified atom stereocenters. The Balaban J connectivity index is 1.95. The number of hydrogen-bond donors (Lipinski definition) is 1. The van der Waals surface area contributed by atoms with E-state index in [-0.39, 0.29) is 0 Å². The lowest BCUT2D eigenvalue weighted by molar-refractivity contribution is 0.130. The molecule has 1 fully saturated rings. The van der Waals surface area contributed by atoms with Crippen LogP contribution in [0.3, 0.4) is 0 Å². The van der Waals surface area contributed by atoms with E-state index in [1.807, 2.05) is 0 Å². The van der Waals surface area contributed by atoms with Crippen molar-refractivity contribution in [3.63, 3.8) is 0 Å². The SMILES string of the molecule is c1ccc(CN2CNC2)cc1. The second-order valence-electron chi connectivity index (χ2n) is 2.88. The Morgan fingerprint density at radius 2 is 1.91 bits per heavy atom. The highest BCUT2D eigenvalue weighted by Crippen LogP contribution is 2.05. The second-order valence-corrected chi connectivity index (χ2v) is 2.88. The summed E-state index contributed by atoms with van der Waals surface area (Å²) in [6.45, 7) is 3.15. The molecule has 11 heavy (non-hydrogen) atoms. The number of benzene rings is 1. The number of nitrogens with zero attached hydrogens (tertiary/aromatic N) is 1. The Bertz CT molecular complexity index is 216. The van der Waals surface area contributed by atoms with E-state index < -0.39 is 0 Å². The van der Waals surface area contributed by atoms with Crippen LogP contribution in [0.1, 0.15) is 5.56 Å². The highest BCUT2D eigenvalue weighted by Gasteiger charge is 2.11. The first-order chi connectivity index (χ1) is 5.45. The average molecular weight is 148 g/mol. The van der Waals surface area contributed by atoms with Crippen molar-refractivity contribution in [2.45, 2.75) is 6.54 Å². The van der Waals surface area contributed by atoms with Gasteiger partial charge in [0.1, 0.15) is 0 Å². The first-order valence-electron chi connectivity index (χ1n) is 3.92. The molecule has 2 nitrogen and oxygen atoms in total. The predicted molar refractivity (Wildman–Crippen MR) is 44.9 cm³/mol. The number of nitrogens with one attached hydrogen (secondary N) is 1. The quantitative estimate of drug-likeness (QED) is 0.673. The Kier molecular flexibility index (Phi) is 1.88. The molecule has 0 bridgehead atoms. The Morgan fingerprint density at radius 1 is 1.18 bits per heavy atom. The smallest absolute Gasteiger partial charge is 0.0506 e. The molecule has 0 aromatic heterocycles. The Labute approximate surface area is 66.8 Å². The fourth-order valence-electron chi connectivity index (χ4n) is 1.22. The molecule has 0 spiro atoms. The van der Waals surface area contributed by atoms with Crippen molar-refractivity contribution >= 4 is 0 Å². The minimum atomic E-state index is 1.04. The molecule has 1 aromatic rings. The van der Waals surface area contributed by atoms with Crippen molar-refractivity contribution < 1.29 is 0 Å². The van der Waals surface area contributed by atoms with Gasteiger partial charge in [-0.05, 0) is 5.56 Å². The van der Waals surface area contributed by atoms with E-state index in [9.17, 15) is 0 Å². The second kappa shape index (κ2) is 3.03. The largest absolute Gasteiger partial charge is 0.291 e. The maximum Gasteiger partial charge on any atom is 0.0506 e. The van der Waals surface area contributed by atoms with E-state index in [0.29, 0.717) is 0 Å². The summed E-state index contributed by atoms with van der Waals surface area (Å²) in [6, 6.07) is 10.6. The fourth-order valence-corrected chi connectivity index (χ4v) is 1.22. The third-order valence-corrected chi connectivity index (χ3v) is 1.92. The predicted octanol–water partition coefficient (Wildman–Crippen LogP) is 1.01. The first kappa shape index (κ1) is 6.83. The average Bonchev–Trinajstić information content (AvgIpc) is 1.99. The zero-order valence-corrected chi connectivity index (χ0v) is 6.46. The van der Waals surface area contributed by atoms with Crippen molar-refractivity contribution in [1.29, 1.82) is 0 Å². The van der Waals surface area contributed by atoms with Gasteiger partial charge in [0.25, 0.3) is 0 Å². The molecule has 2 rings (SSSR count). The molecule has 1 aliphatic rings. The van der Waals surface area contributed by atoms with Gasteiger partial charge in [-0.1, -0.05) is 30.3 Å². The lowest BCUT2D eigenvalue weighted by Gasteiger charge is -2.31. The minimum absolute atomic E-state index is 1.04. The zero-order valence-electron chi connectivity index (χ0n) is 6.46. The summed E-state index contributed by atoms with van der Waals surface area (Å²) in [5.41, 5.74) is 1.40. The molecule has 2 heteroatoms. The van der Waals surface area contributed by atoms with E-state index in [2.05, 4.69) is 40.5 Å². The first-order valence-corrected chi connectivity index (χ1v) is 3.92. The summed E-state index contributed by atoms with van der Waals surface area (Å²) in [5.74, 6) is 0. The molecule has 1 saturated heterocycles. The summed E-state index contributed by atoms with van der Waals surface area (Å²) < 4.78 is 0. The topological polar surface area (TPSA) is 15.3 Å². The van der Waals surface area contributed by atoms with Crippen LogP contribution in [0.15, 0.2) is 30.3 Å². The molecule has 58 valence electrons. The van der Waals surface area contributed by atoms with Gasteiger partial charge in [0.15, 0.2) is 0 Å². The zero-order chi connectivity index (χ0) is 7.52. The van der Waals surface area contributed by atoms with Gasteiger partial charge in [0.05, 0.1) is 13.3 Å². The third-order valence-electron chi connectivity index (χ3n) is 1.92. The summed E-state index contributed by atoms with van der Waals surface area (Å²) in [6.07, 6.45) is 0. The maximum atomic E-state index is 3.21. The monoisotopic (exact) mass is 148 g/mol. The number of rotatable bonds is 2. The third kappa shape index (κ3) is 1.59. The van der Waals surface area contributed by atoms with Crippen LogP contribution in [-0.4, -0.2) is 18.2 Å². The van der Waals surface area contributed by atoms with Crippen LogP contribution in [0.2, 0.25) is 0 Å². The highest BCUT2D eigenvalue weighted by atomic mass is 15.4. The summed E-state index contributed by atoms with van der Waals surface area (Å²) in [5, 5.41) is 3.21. The van der Waals surface area contributed by atoms with Crippen molar-refractivity contribution in [3.05, 3.63) is 35.9 Å². The van der Waals surface area contributed by atoms with E-state index in [0.717, 1.165) is 19.9 Å². The van der Waals surface area contributed by atoms with Crippen LogP contribution in [0.4, 0.5) is 0 Å². The molecule has 1 aromatic carbocycles. The molecule has 0 saturated carbocycles. The van der Waals surface area contributed by atoms with E-state index >= 15 is 0 Å². The highest BCUT2D eigenvalue weighted by molar-refractivity contribution is 5.14. The minimum Gasteiger partial charge on any atom is -0.291 e. The van der Waals surface area contributed by atoms with E-state index in [1.54, 1.807) is 0 Å². The molecule has 0 amide bonds. The van der Waals surface area contributed by atoms with Crippen molar-refractivity contribution in [1.82, 2.24) is 10.2 Å². The Morgan fingerprint density at radius 3 is 2.45 bits per heavy atom. The van der Waals surface area contributed by atoms with Gasteiger partial charge < -0.3 is 0 Å². The van der Waals surface area contributed by atoms with Crippen LogP contribution in [-0.2, 0) is 6.54 Å². The van der Waals surface area contributed by atoms with Crippen molar-refractivity contribution in [2.75, 3.05) is 13.3 Å². The Hall–Kier alpha value is -0.860. The van der Waals surface area contributed by atoms with E-state index in [4.69, 9.17) is 0 Å². The lowest BCUT2D eigenvalue weighted by atomic mass is 10.2. The van der Waals surface area contributed by atoms with Gasteiger partial charge in [-0.25, -0.2) is 0 Å². The van der Waals surface area contributed by atoms with Crippen LogP contribution >= 0.6 is 0 Å². The standard InChI is InChI=1S/C9H12N2/c1-2-4-9(5-3-1)6-11-7-10-8-11/h1-5,10H,6-8H2. The van der Waals surface area contributed by atoms with Gasteiger partial charge in [-0.2, -0.15) is 0 Å². The van der Waals surface area contributed by atoms with Crippen LogP contribution in [0.25, 0.3) is 0 Å². The fraction of sp³-hybridized carbons (Fsp3) is 0.333. The molecular weight excluding hydrogens is 136 g/mol. The van der Waals surface area contributed by atoms with Gasteiger partial charge in [-0.15, -0.1) is 0 Å². The van der Waals surface area contributed by atoms with Crippen molar-refractivity contribution in [3.8, 4) is 0 Å². The van der Waals surface area contributed by atoms with Gasteiger partial charge in [0, 0.05) is 6.54 Å². The molecular formula is C9H12N2. The molecule has 1 heterocycles.